The van der Waals surface area contributed by atoms with Gasteiger partial charge in [0.05, 0.1) is 23.1 Å². The summed E-state index contributed by atoms with van der Waals surface area (Å²) in [5.41, 5.74) is 6.90. The summed E-state index contributed by atoms with van der Waals surface area (Å²) in [5, 5.41) is 23.5. The number of benzene rings is 2. The predicted molar refractivity (Wildman–Crippen MR) is 155 cm³/mol. The Balaban J connectivity index is 1.86. The number of nitro groups is 1. The van der Waals surface area contributed by atoms with Gasteiger partial charge in [-0.15, -0.1) is 0 Å². The van der Waals surface area contributed by atoms with Crippen LogP contribution in [0.3, 0.4) is 0 Å². The molecule has 0 heterocycles. The standard InChI is InChI=1S/C28H37N7O7/c1-16(2)13-23(28(40)34-26(38)17(3)30-14-19-9-11-20(12-10-19)35(41)42)33-24(36)15-31-25(37)18(4)32-27(39)21-7-5-6-8-22(21)29/h5-12,16-18,23,30H,13-15,29H2,1-4H3,(H,31,37)(H,32,39)(H,33,36)(H,34,38,40)/t17-,18-,23-/m0/s1. The molecule has 0 aliphatic carbocycles. The molecule has 0 saturated heterocycles. The molecule has 0 fully saturated rings. The summed E-state index contributed by atoms with van der Waals surface area (Å²) in [5.74, 6) is -3.17. The number of non-ortho nitro benzene ring substituents is 1. The highest BCUT2D eigenvalue weighted by molar-refractivity contribution is 6.02. The minimum atomic E-state index is -1.04. The maximum Gasteiger partial charge on any atom is 0.269 e. The summed E-state index contributed by atoms with van der Waals surface area (Å²) >= 11 is 0. The molecule has 226 valence electrons. The highest BCUT2D eigenvalue weighted by Crippen LogP contribution is 2.12. The van der Waals surface area contributed by atoms with Crippen molar-refractivity contribution in [2.45, 2.75) is 58.8 Å². The van der Waals surface area contributed by atoms with Crippen LogP contribution in [-0.2, 0) is 25.7 Å². The summed E-state index contributed by atoms with van der Waals surface area (Å²) in [6, 6.07) is 9.39. The van der Waals surface area contributed by atoms with Crippen molar-refractivity contribution in [1.29, 1.82) is 0 Å². The first-order valence-corrected chi connectivity index (χ1v) is 13.3. The molecule has 14 nitrogen and oxygen atoms in total. The molecule has 3 atom stereocenters. The molecule has 2 rings (SSSR count). The topological polar surface area (TPSA) is 215 Å². The van der Waals surface area contributed by atoms with E-state index in [9.17, 15) is 34.1 Å². The third-order valence-corrected chi connectivity index (χ3v) is 6.13. The third kappa shape index (κ3) is 10.6. The van der Waals surface area contributed by atoms with Gasteiger partial charge in [0.25, 0.3) is 11.6 Å². The van der Waals surface area contributed by atoms with Crippen LogP contribution < -0.4 is 32.3 Å². The van der Waals surface area contributed by atoms with Crippen molar-refractivity contribution in [1.82, 2.24) is 26.6 Å². The van der Waals surface area contributed by atoms with Crippen LogP contribution in [0, 0.1) is 16.0 Å². The van der Waals surface area contributed by atoms with Gasteiger partial charge in [-0.1, -0.05) is 38.1 Å². The molecule has 5 amide bonds. The number of nitrogens with zero attached hydrogens (tertiary/aromatic N) is 1. The van der Waals surface area contributed by atoms with E-state index in [2.05, 4.69) is 26.6 Å². The zero-order chi connectivity index (χ0) is 31.4. The molecule has 0 unspecified atom stereocenters. The number of imide groups is 1. The number of hydrogen-bond acceptors (Lipinski definition) is 9. The van der Waals surface area contributed by atoms with Gasteiger partial charge < -0.3 is 27.0 Å². The maximum atomic E-state index is 12.9. The molecular formula is C28H37N7O7. The van der Waals surface area contributed by atoms with Crippen molar-refractivity contribution in [3.8, 4) is 0 Å². The van der Waals surface area contributed by atoms with Gasteiger partial charge in [-0.05, 0) is 43.9 Å². The number of nitrogens with two attached hydrogens (primary N) is 1. The van der Waals surface area contributed by atoms with Gasteiger partial charge in [0.2, 0.25) is 23.6 Å². The molecule has 0 aliphatic rings. The van der Waals surface area contributed by atoms with Gasteiger partial charge in [0.15, 0.2) is 0 Å². The third-order valence-electron chi connectivity index (χ3n) is 6.13. The highest BCUT2D eigenvalue weighted by Gasteiger charge is 2.26. The number of nitrogens with one attached hydrogen (secondary N) is 5. The van der Waals surface area contributed by atoms with Gasteiger partial charge in [-0.3, -0.25) is 39.4 Å². The molecule has 2 aromatic carbocycles. The number of anilines is 1. The van der Waals surface area contributed by atoms with E-state index in [1.807, 2.05) is 13.8 Å². The molecule has 0 bridgehead atoms. The van der Waals surface area contributed by atoms with E-state index in [1.54, 1.807) is 37.3 Å². The SMILES string of the molecule is CC(C)C[C@H](NC(=O)CNC(=O)[C@H](C)NC(=O)c1ccccc1N)C(=O)NC(=O)[C@H](C)NCc1ccc([N+](=O)[O-])cc1. The molecule has 7 N–H and O–H groups in total. The predicted octanol–water partition coefficient (Wildman–Crippen LogP) is 0.764. The fraction of sp³-hybridized carbons (Fsp3) is 0.393. The van der Waals surface area contributed by atoms with E-state index < -0.39 is 59.1 Å². The van der Waals surface area contributed by atoms with Crippen molar-refractivity contribution in [3.63, 3.8) is 0 Å². The Morgan fingerprint density at radius 2 is 1.50 bits per heavy atom. The quantitative estimate of drug-likeness (QED) is 0.105. The van der Waals surface area contributed by atoms with Crippen LogP contribution in [0.4, 0.5) is 11.4 Å². The molecule has 42 heavy (non-hydrogen) atoms. The number of carbonyl (C=O) groups is 5. The first kappa shape index (κ1) is 33.4. The van der Waals surface area contributed by atoms with Crippen LogP contribution in [0.5, 0.6) is 0 Å². The Bertz CT molecular complexity index is 1300. The Hall–Kier alpha value is -4.85. The highest BCUT2D eigenvalue weighted by atomic mass is 16.6. The van der Waals surface area contributed by atoms with Crippen LogP contribution in [0.25, 0.3) is 0 Å². The Morgan fingerprint density at radius 3 is 2.10 bits per heavy atom. The second-order valence-corrected chi connectivity index (χ2v) is 10.1. The lowest BCUT2D eigenvalue weighted by atomic mass is 10.0. The summed E-state index contributed by atoms with van der Waals surface area (Å²) < 4.78 is 0. The Kier molecular flexibility index (Phi) is 12.6. The number of nitrogen functional groups attached to an aromatic ring is 1. The molecule has 2 aromatic rings. The van der Waals surface area contributed by atoms with Gasteiger partial charge in [0, 0.05) is 24.4 Å². The van der Waals surface area contributed by atoms with Crippen LogP contribution in [0.2, 0.25) is 0 Å². The summed E-state index contributed by atoms with van der Waals surface area (Å²) in [6.07, 6.45) is 0.231. The maximum absolute atomic E-state index is 12.9. The number of amides is 5. The lowest BCUT2D eigenvalue weighted by Crippen LogP contribution is -2.54. The molecule has 0 radical (unpaired) electrons. The monoisotopic (exact) mass is 583 g/mol. The Labute approximate surface area is 243 Å². The van der Waals surface area contributed by atoms with Crippen LogP contribution >= 0.6 is 0 Å². The summed E-state index contributed by atoms with van der Waals surface area (Å²) in [4.78, 5) is 73.1. The van der Waals surface area contributed by atoms with Gasteiger partial charge in [0.1, 0.15) is 12.1 Å². The van der Waals surface area contributed by atoms with Crippen molar-refractivity contribution in [2.75, 3.05) is 12.3 Å². The van der Waals surface area contributed by atoms with Crippen LogP contribution in [0.15, 0.2) is 48.5 Å². The number of rotatable bonds is 14. The van der Waals surface area contributed by atoms with Gasteiger partial charge in [-0.25, -0.2) is 0 Å². The van der Waals surface area contributed by atoms with E-state index in [1.165, 1.54) is 25.1 Å². The average molecular weight is 584 g/mol. The van der Waals surface area contributed by atoms with Crippen molar-refractivity contribution < 1.29 is 28.9 Å². The lowest BCUT2D eigenvalue weighted by Gasteiger charge is -2.21. The van der Waals surface area contributed by atoms with Crippen molar-refractivity contribution in [2.24, 2.45) is 5.92 Å². The fourth-order valence-corrected chi connectivity index (χ4v) is 3.73. The minimum absolute atomic E-state index is 0.0101. The van der Waals surface area contributed by atoms with Crippen molar-refractivity contribution >= 4 is 40.9 Å². The number of carbonyl (C=O) groups excluding carboxylic acids is 5. The lowest BCUT2D eigenvalue weighted by molar-refractivity contribution is -0.384. The van der Waals surface area contributed by atoms with Gasteiger partial charge >= 0.3 is 0 Å². The summed E-state index contributed by atoms with van der Waals surface area (Å²) in [6.45, 7) is 6.44. The molecular weight excluding hydrogens is 546 g/mol. The average Bonchev–Trinajstić information content (AvgIpc) is 2.94. The number of hydrogen-bond donors (Lipinski definition) is 6. The molecule has 0 saturated carbocycles. The molecule has 0 aliphatic heterocycles. The molecule has 0 spiro atoms. The minimum Gasteiger partial charge on any atom is -0.398 e. The molecule has 14 heteroatoms. The Morgan fingerprint density at radius 1 is 0.857 bits per heavy atom. The van der Waals surface area contributed by atoms with Crippen molar-refractivity contribution in [3.05, 3.63) is 69.8 Å². The van der Waals surface area contributed by atoms with E-state index in [0.29, 0.717) is 5.56 Å². The van der Waals surface area contributed by atoms with Crippen LogP contribution in [-0.4, -0.2) is 59.1 Å². The smallest absolute Gasteiger partial charge is 0.269 e. The zero-order valence-corrected chi connectivity index (χ0v) is 23.9. The first-order valence-electron chi connectivity index (χ1n) is 13.3. The number of nitro benzene ring substituents is 1. The van der Waals surface area contributed by atoms with E-state index >= 15 is 0 Å². The largest absolute Gasteiger partial charge is 0.398 e. The number of para-hydroxylation sites is 1. The first-order chi connectivity index (χ1) is 19.8. The molecule has 0 aromatic heterocycles. The summed E-state index contributed by atoms with van der Waals surface area (Å²) in [7, 11) is 0. The van der Waals surface area contributed by atoms with E-state index in [-0.39, 0.29) is 35.8 Å². The van der Waals surface area contributed by atoms with E-state index in [0.717, 1.165) is 0 Å². The van der Waals surface area contributed by atoms with Gasteiger partial charge in [-0.2, -0.15) is 0 Å². The normalized spacial score (nSPS) is 12.9. The second-order valence-electron chi connectivity index (χ2n) is 10.1. The van der Waals surface area contributed by atoms with Crippen LogP contribution in [0.1, 0.15) is 50.0 Å². The fourth-order valence-electron chi connectivity index (χ4n) is 3.73. The second kappa shape index (κ2) is 15.8. The van der Waals surface area contributed by atoms with E-state index in [4.69, 9.17) is 5.73 Å². The zero-order valence-electron chi connectivity index (χ0n) is 23.9.